The third-order valence-electron chi connectivity index (χ3n) is 2.89. The summed E-state index contributed by atoms with van der Waals surface area (Å²) >= 11 is 0. The number of nitrogens with zero attached hydrogens (tertiary/aromatic N) is 1. The summed E-state index contributed by atoms with van der Waals surface area (Å²) < 4.78 is 0. The molecule has 0 unspecified atom stereocenters. The van der Waals surface area contributed by atoms with E-state index in [1.807, 2.05) is 30.3 Å². The van der Waals surface area contributed by atoms with E-state index in [1.165, 1.54) is 0 Å². The van der Waals surface area contributed by atoms with Crippen molar-refractivity contribution in [1.82, 2.24) is 4.90 Å². The second kappa shape index (κ2) is 9.53. The third-order valence-corrected chi connectivity index (χ3v) is 2.89. The molecule has 4 nitrogen and oxygen atoms in total. The van der Waals surface area contributed by atoms with Gasteiger partial charge in [-0.3, -0.25) is 9.69 Å². The molecule has 0 atom stereocenters. The molecule has 0 aliphatic heterocycles. The van der Waals surface area contributed by atoms with Gasteiger partial charge in [0.15, 0.2) is 0 Å². The number of nitrogens with one attached hydrogen (secondary N) is 1. The van der Waals surface area contributed by atoms with Gasteiger partial charge in [-0.05, 0) is 31.5 Å². The van der Waals surface area contributed by atoms with Crippen molar-refractivity contribution < 1.29 is 9.90 Å². The Balaban J connectivity index is 2.41. The van der Waals surface area contributed by atoms with E-state index in [-0.39, 0.29) is 12.5 Å². The van der Waals surface area contributed by atoms with Crippen LogP contribution in [0.25, 0.3) is 0 Å². The summed E-state index contributed by atoms with van der Waals surface area (Å²) in [4.78, 5) is 14.0. The molecule has 1 amide bonds. The normalized spacial score (nSPS) is 10.7. The van der Waals surface area contributed by atoms with Gasteiger partial charge in [-0.25, -0.2) is 0 Å². The van der Waals surface area contributed by atoms with Crippen molar-refractivity contribution in [3.63, 3.8) is 0 Å². The van der Waals surface area contributed by atoms with Gasteiger partial charge in [0.05, 0.1) is 6.54 Å². The molecule has 0 radical (unpaired) electrons. The molecular formula is C15H24N2O2. The first kappa shape index (κ1) is 15.7. The van der Waals surface area contributed by atoms with E-state index in [9.17, 15) is 4.79 Å². The van der Waals surface area contributed by atoms with Gasteiger partial charge in [-0.15, -0.1) is 0 Å². The molecular weight excluding hydrogens is 240 g/mol. The lowest BCUT2D eigenvalue weighted by Gasteiger charge is -2.21. The van der Waals surface area contributed by atoms with E-state index < -0.39 is 0 Å². The molecule has 0 bridgehead atoms. The van der Waals surface area contributed by atoms with Crippen molar-refractivity contribution in [3.05, 3.63) is 30.3 Å². The number of benzene rings is 1. The number of rotatable bonds is 9. The minimum absolute atomic E-state index is 0.000225. The predicted molar refractivity (Wildman–Crippen MR) is 78.1 cm³/mol. The Morgan fingerprint density at radius 1 is 1.21 bits per heavy atom. The van der Waals surface area contributed by atoms with Crippen molar-refractivity contribution in [2.45, 2.75) is 26.2 Å². The number of aliphatic hydroxyl groups excluding tert-OH is 1. The number of hydrogen-bond acceptors (Lipinski definition) is 3. The molecule has 0 aliphatic rings. The van der Waals surface area contributed by atoms with Crippen molar-refractivity contribution in [2.24, 2.45) is 0 Å². The Labute approximate surface area is 115 Å². The number of hydrogen-bond donors (Lipinski definition) is 2. The van der Waals surface area contributed by atoms with Crippen molar-refractivity contribution in [1.29, 1.82) is 0 Å². The maximum Gasteiger partial charge on any atom is 0.238 e. The predicted octanol–water partition coefficient (Wildman–Crippen LogP) is 2.11. The Kier molecular flexibility index (Phi) is 7.86. The van der Waals surface area contributed by atoms with Crippen molar-refractivity contribution >= 4 is 11.6 Å². The molecule has 2 N–H and O–H groups in total. The topological polar surface area (TPSA) is 52.6 Å². The van der Waals surface area contributed by atoms with E-state index in [0.29, 0.717) is 13.0 Å². The molecule has 1 rings (SSSR count). The van der Waals surface area contributed by atoms with Crippen LogP contribution in [0, 0.1) is 0 Å². The minimum atomic E-state index is 0.000225. The summed E-state index contributed by atoms with van der Waals surface area (Å²) in [5.41, 5.74) is 0.824. The molecule has 0 aromatic heterocycles. The average molecular weight is 264 g/mol. The number of aliphatic hydroxyl groups is 1. The SMILES string of the molecule is CCCCN(CCCO)CC(=O)Nc1ccccc1. The van der Waals surface area contributed by atoms with Gasteiger partial charge in [-0.2, -0.15) is 0 Å². The summed E-state index contributed by atoms with van der Waals surface area (Å²) in [6.07, 6.45) is 2.89. The van der Waals surface area contributed by atoms with Gasteiger partial charge in [-0.1, -0.05) is 31.5 Å². The van der Waals surface area contributed by atoms with Crippen LogP contribution in [0.1, 0.15) is 26.2 Å². The molecule has 0 aliphatic carbocycles. The van der Waals surface area contributed by atoms with Crippen LogP contribution in [0.5, 0.6) is 0 Å². The maximum absolute atomic E-state index is 11.9. The van der Waals surface area contributed by atoms with Crippen LogP contribution in [0.4, 0.5) is 5.69 Å². The monoisotopic (exact) mass is 264 g/mol. The van der Waals surface area contributed by atoms with Gasteiger partial charge in [0, 0.05) is 18.8 Å². The van der Waals surface area contributed by atoms with Crippen molar-refractivity contribution in [3.8, 4) is 0 Å². The lowest BCUT2D eigenvalue weighted by molar-refractivity contribution is -0.117. The van der Waals surface area contributed by atoms with Crippen LogP contribution < -0.4 is 5.32 Å². The first-order chi connectivity index (χ1) is 9.26. The second-order valence-electron chi connectivity index (χ2n) is 4.62. The maximum atomic E-state index is 11.9. The molecule has 4 heteroatoms. The van der Waals surface area contributed by atoms with Crippen LogP contribution in [0.15, 0.2) is 30.3 Å². The van der Waals surface area contributed by atoms with E-state index in [2.05, 4.69) is 17.1 Å². The zero-order valence-electron chi connectivity index (χ0n) is 11.6. The molecule has 0 saturated heterocycles. The zero-order valence-corrected chi connectivity index (χ0v) is 11.6. The highest BCUT2D eigenvalue weighted by atomic mass is 16.3. The van der Waals surface area contributed by atoms with Gasteiger partial charge >= 0.3 is 0 Å². The van der Waals surface area contributed by atoms with Gasteiger partial charge < -0.3 is 10.4 Å². The Morgan fingerprint density at radius 2 is 1.89 bits per heavy atom. The lowest BCUT2D eigenvalue weighted by Crippen LogP contribution is -2.35. The van der Waals surface area contributed by atoms with Gasteiger partial charge in [0.1, 0.15) is 0 Å². The first-order valence-corrected chi connectivity index (χ1v) is 6.94. The van der Waals surface area contributed by atoms with E-state index >= 15 is 0 Å². The molecule has 0 heterocycles. The molecule has 0 fully saturated rings. The van der Waals surface area contributed by atoms with Crippen LogP contribution >= 0.6 is 0 Å². The van der Waals surface area contributed by atoms with E-state index in [0.717, 1.165) is 31.6 Å². The highest BCUT2D eigenvalue weighted by Crippen LogP contribution is 2.05. The summed E-state index contributed by atoms with van der Waals surface area (Å²) in [6, 6.07) is 9.47. The Hall–Kier alpha value is -1.39. The molecule has 19 heavy (non-hydrogen) atoms. The summed E-state index contributed by atoms with van der Waals surface area (Å²) in [6.45, 7) is 4.35. The Morgan fingerprint density at radius 3 is 2.53 bits per heavy atom. The molecule has 1 aromatic carbocycles. The fourth-order valence-electron chi connectivity index (χ4n) is 1.87. The number of unbranched alkanes of at least 4 members (excludes halogenated alkanes) is 1. The number of anilines is 1. The van der Waals surface area contributed by atoms with Crippen LogP contribution in [0.3, 0.4) is 0 Å². The van der Waals surface area contributed by atoms with Crippen molar-refractivity contribution in [2.75, 3.05) is 31.6 Å². The second-order valence-corrected chi connectivity index (χ2v) is 4.62. The molecule has 0 saturated carbocycles. The highest BCUT2D eigenvalue weighted by molar-refractivity contribution is 5.92. The fraction of sp³-hybridized carbons (Fsp3) is 0.533. The third kappa shape index (κ3) is 6.94. The molecule has 1 aromatic rings. The van der Waals surface area contributed by atoms with Crippen LogP contribution in [-0.4, -0.2) is 42.2 Å². The van der Waals surface area contributed by atoms with Crippen LogP contribution in [-0.2, 0) is 4.79 Å². The minimum Gasteiger partial charge on any atom is -0.396 e. The van der Waals surface area contributed by atoms with Gasteiger partial charge in [0.2, 0.25) is 5.91 Å². The largest absolute Gasteiger partial charge is 0.396 e. The number of carbonyl (C=O) groups excluding carboxylic acids is 1. The summed E-state index contributed by atoms with van der Waals surface area (Å²) in [5, 5.41) is 11.8. The highest BCUT2D eigenvalue weighted by Gasteiger charge is 2.10. The Bertz CT molecular complexity index is 346. The van der Waals surface area contributed by atoms with Crippen LogP contribution in [0.2, 0.25) is 0 Å². The van der Waals surface area contributed by atoms with Gasteiger partial charge in [0.25, 0.3) is 0 Å². The molecule has 106 valence electrons. The zero-order chi connectivity index (χ0) is 13.9. The molecule has 0 spiro atoms. The summed E-state index contributed by atoms with van der Waals surface area (Å²) in [7, 11) is 0. The number of carbonyl (C=O) groups is 1. The number of amides is 1. The quantitative estimate of drug-likeness (QED) is 0.718. The smallest absolute Gasteiger partial charge is 0.238 e. The summed E-state index contributed by atoms with van der Waals surface area (Å²) in [5.74, 6) is 0.000225. The van der Waals surface area contributed by atoms with E-state index in [1.54, 1.807) is 0 Å². The van der Waals surface area contributed by atoms with E-state index in [4.69, 9.17) is 5.11 Å². The average Bonchev–Trinajstić information content (AvgIpc) is 2.43. The standard InChI is InChI=1S/C15H24N2O2/c1-2-3-10-17(11-7-12-18)13-15(19)16-14-8-5-4-6-9-14/h4-6,8-9,18H,2-3,7,10-13H2,1H3,(H,16,19). The first-order valence-electron chi connectivity index (χ1n) is 6.94. The lowest BCUT2D eigenvalue weighted by atomic mass is 10.3. The number of para-hydroxylation sites is 1. The fourth-order valence-corrected chi connectivity index (χ4v) is 1.87.